The summed E-state index contributed by atoms with van der Waals surface area (Å²) >= 11 is 0. The molecule has 0 aliphatic rings. The quantitative estimate of drug-likeness (QED) is 0.869. The van der Waals surface area contributed by atoms with E-state index in [1.807, 2.05) is 19.1 Å². The summed E-state index contributed by atoms with van der Waals surface area (Å²) in [7, 11) is 0. The first-order valence-electron chi connectivity index (χ1n) is 5.40. The largest absolute Gasteiger partial charge is 0.369 e. The monoisotopic (exact) mass is 224 g/mol. The molecular formula is C13H12N4. The van der Waals surface area contributed by atoms with Gasteiger partial charge in [-0.15, -0.1) is 0 Å². The predicted molar refractivity (Wildman–Crippen MR) is 66.3 cm³/mol. The van der Waals surface area contributed by atoms with Crippen molar-refractivity contribution in [2.24, 2.45) is 0 Å². The van der Waals surface area contributed by atoms with Gasteiger partial charge in [0.1, 0.15) is 5.82 Å². The molecule has 0 spiro atoms. The first kappa shape index (κ1) is 11.1. The highest BCUT2D eigenvalue weighted by Gasteiger charge is 2.02. The minimum atomic E-state index is 0.623. The van der Waals surface area contributed by atoms with Crippen LogP contribution in [-0.2, 0) is 0 Å². The van der Waals surface area contributed by atoms with E-state index in [4.69, 9.17) is 5.26 Å². The van der Waals surface area contributed by atoms with E-state index in [0.29, 0.717) is 5.56 Å². The Hall–Kier alpha value is -2.41. The van der Waals surface area contributed by atoms with Crippen molar-refractivity contribution in [1.29, 1.82) is 5.26 Å². The number of benzene rings is 1. The number of nitriles is 1. The molecule has 0 radical (unpaired) electrons. The summed E-state index contributed by atoms with van der Waals surface area (Å²) in [5.41, 5.74) is 2.29. The third-order valence-corrected chi connectivity index (χ3v) is 2.28. The zero-order chi connectivity index (χ0) is 12.1. The SMILES string of the molecule is CCNc1cncc(-c2cccc(C#N)c2)n1. The number of hydrogen-bond donors (Lipinski definition) is 1. The summed E-state index contributed by atoms with van der Waals surface area (Å²) in [5, 5.41) is 12.0. The summed E-state index contributed by atoms with van der Waals surface area (Å²) in [5.74, 6) is 0.743. The van der Waals surface area contributed by atoms with Crippen molar-refractivity contribution in [1.82, 2.24) is 9.97 Å². The van der Waals surface area contributed by atoms with Crippen molar-refractivity contribution in [2.45, 2.75) is 6.92 Å². The lowest BCUT2D eigenvalue weighted by Crippen LogP contribution is -2.00. The first-order chi connectivity index (χ1) is 8.33. The molecule has 1 aromatic heterocycles. The van der Waals surface area contributed by atoms with Gasteiger partial charge in [-0.05, 0) is 19.1 Å². The van der Waals surface area contributed by atoms with Crippen LogP contribution >= 0.6 is 0 Å². The molecule has 4 heteroatoms. The van der Waals surface area contributed by atoms with Gasteiger partial charge >= 0.3 is 0 Å². The normalized spacial score (nSPS) is 9.65. The molecule has 0 saturated heterocycles. The van der Waals surface area contributed by atoms with Gasteiger partial charge in [0.15, 0.2) is 0 Å². The lowest BCUT2D eigenvalue weighted by atomic mass is 10.1. The first-order valence-corrected chi connectivity index (χ1v) is 5.40. The second-order valence-electron chi connectivity index (χ2n) is 3.51. The minimum Gasteiger partial charge on any atom is -0.369 e. The van der Waals surface area contributed by atoms with Crippen LogP contribution in [0.25, 0.3) is 11.3 Å². The fourth-order valence-electron chi connectivity index (χ4n) is 1.52. The number of anilines is 1. The zero-order valence-corrected chi connectivity index (χ0v) is 9.51. The van der Waals surface area contributed by atoms with E-state index in [0.717, 1.165) is 23.6 Å². The Morgan fingerprint density at radius 1 is 1.35 bits per heavy atom. The molecule has 0 saturated carbocycles. The van der Waals surface area contributed by atoms with E-state index in [9.17, 15) is 0 Å². The average molecular weight is 224 g/mol. The van der Waals surface area contributed by atoms with E-state index in [1.54, 1.807) is 24.5 Å². The van der Waals surface area contributed by atoms with Crippen LogP contribution in [0.5, 0.6) is 0 Å². The van der Waals surface area contributed by atoms with Crippen LogP contribution in [-0.4, -0.2) is 16.5 Å². The second kappa shape index (κ2) is 5.08. The van der Waals surface area contributed by atoms with E-state index in [2.05, 4.69) is 21.4 Å². The maximum atomic E-state index is 8.85. The minimum absolute atomic E-state index is 0.623. The van der Waals surface area contributed by atoms with Crippen LogP contribution in [0, 0.1) is 11.3 Å². The summed E-state index contributed by atoms with van der Waals surface area (Å²) in [6.07, 6.45) is 3.37. The number of rotatable bonds is 3. The van der Waals surface area contributed by atoms with E-state index in [-0.39, 0.29) is 0 Å². The summed E-state index contributed by atoms with van der Waals surface area (Å²) in [6.45, 7) is 2.81. The Balaban J connectivity index is 2.39. The highest BCUT2D eigenvalue weighted by molar-refractivity contribution is 5.61. The molecule has 0 unspecified atom stereocenters. The van der Waals surface area contributed by atoms with Crippen LogP contribution in [0.4, 0.5) is 5.82 Å². The van der Waals surface area contributed by atoms with Gasteiger partial charge in [0.05, 0.1) is 29.7 Å². The fraction of sp³-hybridized carbons (Fsp3) is 0.154. The molecule has 1 aromatic carbocycles. The molecule has 0 aliphatic carbocycles. The van der Waals surface area contributed by atoms with Crippen LogP contribution in [0.1, 0.15) is 12.5 Å². The van der Waals surface area contributed by atoms with Gasteiger partial charge in [0.2, 0.25) is 0 Å². The third-order valence-electron chi connectivity index (χ3n) is 2.28. The number of nitrogens with one attached hydrogen (secondary N) is 1. The van der Waals surface area contributed by atoms with Crippen LogP contribution < -0.4 is 5.32 Å². The van der Waals surface area contributed by atoms with Crippen molar-refractivity contribution in [3.05, 3.63) is 42.2 Å². The van der Waals surface area contributed by atoms with Crippen molar-refractivity contribution in [3.63, 3.8) is 0 Å². The summed E-state index contributed by atoms with van der Waals surface area (Å²) < 4.78 is 0. The van der Waals surface area contributed by atoms with Crippen LogP contribution in [0.3, 0.4) is 0 Å². The molecule has 2 aromatic rings. The maximum Gasteiger partial charge on any atom is 0.145 e. The molecule has 0 amide bonds. The molecule has 4 nitrogen and oxygen atoms in total. The van der Waals surface area contributed by atoms with Crippen molar-refractivity contribution in [2.75, 3.05) is 11.9 Å². The maximum absolute atomic E-state index is 8.85. The van der Waals surface area contributed by atoms with Gasteiger partial charge in [0.25, 0.3) is 0 Å². The number of hydrogen-bond acceptors (Lipinski definition) is 4. The number of aromatic nitrogens is 2. The Morgan fingerprint density at radius 2 is 2.24 bits per heavy atom. The second-order valence-corrected chi connectivity index (χ2v) is 3.51. The molecule has 0 fully saturated rings. The molecule has 17 heavy (non-hydrogen) atoms. The Kier molecular flexibility index (Phi) is 3.31. The van der Waals surface area contributed by atoms with Gasteiger partial charge in [-0.2, -0.15) is 5.26 Å². The van der Waals surface area contributed by atoms with Crippen molar-refractivity contribution in [3.8, 4) is 17.3 Å². The van der Waals surface area contributed by atoms with Gasteiger partial charge in [-0.1, -0.05) is 12.1 Å². The Morgan fingerprint density at radius 3 is 3.00 bits per heavy atom. The molecule has 2 rings (SSSR count). The Bertz CT molecular complexity index is 557. The highest BCUT2D eigenvalue weighted by Crippen LogP contribution is 2.18. The van der Waals surface area contributed by atoms with Gasteiger partial charge in [0, 0.05) is 12.1 Å². The smallest absolute Gasteiger partial charge is 0.145 e. The van der Waals surface area contributed by atoms with E-state index < -0.39 is 0 Å². The van der Waals surface area contributed by atoms with Gasteiger partial charge < -0.3 is 5.32 Å². The lowest BCUT2D eigenvalue weighted by molar-refractivity contribution is 1.12. The lowest BCUT2D eigenvalue weighted by Gasteiger charge is -2.04. The molecular weight excluding hydrogens is 212 g/mol. The topological polar surface area (TPSA) is 61.6 Å². The molecule has 1 heterocycles. The average Bonchev–Trinajstić information content (AvgIpc) is 2.40. The zero-order valence-electron chi connectivity index (χ0n) is 9.51. The molecule has 0 aliphatic heterocycles. The molecule has 84 valence electrons. The van der Waals surface area contributed by atoms with Crippen LogP contribution in [0.2, 0.25) is 0 Å². The van der Waals surface area contributed by atoms with E-state index in [1.165, 1.54) is 0 Å². The van der Waals surface area contributed by atoms with Crippen LogP contribution in [0.15, 0.2) is 36.7 Å². The molecule has 1 N–H and O–H groups in total. The standard InChI is InChI=1S/C13H12N4/c1-2-16-13-9-15-8-12(17-13)11-5-3-4-10(6-11)7-14/h3-6,8-9H,2H2,1H3,(H,16,17). The summed E-state index contributed by atoms with van der Waals surface area (Å²) in [6, 6.07) is 9.45. The van der Waals surface area contributed by atoms with E-state index >= 15 is 0 Å². The number of nitrogens with zero attached hydrogens (tertiary/aromatic N) is 3. The van der Waals surface area contributed by atoms with Gasteiger partial charge in [-0.25, -0.2) is 4.98 Å². The van der Waals surface area contributed by atoms with Crippen molar-refractivity contribution < 1.29 is 0 Å². The predicted octanol–water partition coefficient (Wildman–Crippen LogP) is 2.45. The molecule has 0 atom stereocenters. The summed E-state index contributed by atoms with van der Waals surface area (Å²) in [4.78, 5) is 8.55. The van der Waals surface area contributed by atoms with Gasteiger partial charge in [-0.3, -0.25) is 4.98 Å². The molecule has 0 bridgehead atoms. The third kappa shape index (κ3) is 2.58. The fourth-order valence-corrected chi connectivity index (χ4v) is 1.52. The van der Waals surface area contributed by atoms with Crippen molar-refractivity contribution >= 4 is 5.82 Å². The Labute approximate surface area is 100.0 Å². The highest BCUT2D eigenvalue weighted by atomic mass is 15.0.